The Morgan fingerprint density at radius 2 is 1.93 bits per heavy atom. The van der Waals surface area contributed by atoms with Gasteiger partial charge in [-0.1, -0.05) is 48.5 Å². The van der Waals surface area contributed by atoms with Gasteiger partial charge in [0.1, 0.15) is 5.82 Å². The second-order valence-corrected chi connectivity index (χ2v) is 7.68. The maximum atomic E-state index is 12.8. The minimum absolute atomic E-state index is 0.0607. The summed E-state index contributed by atoms with van der Waals surface area (Å²) in [7, 11) is 0. The van der Waals surface area contributed by atoms with E-state index in [2.05, 4.69) is 28.5 Å². The van der Waals surface area contributed by atoms with Crippen LogP contribution in [0.3, 0.4) is 0 Å². The van der Waals surface area contributed by atoms with Gasteiger partial charge in [-0.2, -0.15) is 0 Å². The van der Waals surface area contributed by atoms with Crippen LogP contribution in [0, 0.1) is 12.8 Å². The van der Waals surface area contributed by atoms with Crippen LogP contribution in [0.5, 0.6) is 0 Å². The number of likely N-dealkylation sites (tertiary alicyclic amines) is 1. The first-order valence-corrected chi connectivity index (χ1v) is 10.3. The third-order valence-electron chi connectivity index (χ3n) is 5.58. The van der Waals surface area contributed by atoms with Crippen molar-refractivity contribution in [1.29, 1.82) is 0 Å². The average Bonchev–Trinajstić information content (AvgIpc) is 2.79. The maximum absolute atomic E-state index is 12.8. The Labute approximate surface area is 176 Å². The van der Waals surface area contributed by atoms with Gasteiger partial charge in [-0.15, -0.1) is 0 Å². The molecule has 5 nitrogen and oxygen atoms in total. The summed E-state index contributed by atoms with van der Waals surface area (Å²) >= 11 is 0. The quantitative estimate of drug-likeness (QED) is 0.660. The monoisotopic (exact) mass is 399 g/mol. The number of anilines is 1. The van der Waals surface area contributed by atoms with Crippen LogP contribution in [0.15, 0.2) is 66.9 Å². The lowest BCUT2D eigenvalue weighted by atomic mass is 9.97. The highest BCUT2D eigenvalue weighted by atomic mass is 16.2. The Balaban J connectivity index is 1.42. The van der Waals surface area contributed by atoms with E-state index in [-0.39, 0.29) is 17.7 Å². The average molecular weight is 399 g/mol. The smallest absolute Gasteiger partial charge is 0.246 e. The lowest BCUT2D eigenvalue weighted by Gasteiger charge is -2.31. The van der Waals surface area contributed by atoms with E-state index >= 15 is 0 Å². The molecule has 2 heterocycles. The molecule has 1 unspecified atom stereocenters. The minimum Gasteiger partial charge on any atom is -0.338 e. The van der Waals surface area contributed by atoms with Crippen molar-refractivity contribution in [2.24, 2.45) is 5.92 Å². The SMILES string of the molecule is Cc1cccnc1NC(=O)C1CCCN(C(=O)/C=C/c2cccc3ccccc23)C1. The van der Waals surface area contributed by atoms with Gasteiger partial charge < -0.3 is 10.2 Å². The van der Waals surface area contributed by atoms with E-state index in [4.69, 9.17) is 0 Å². The summed E-state index contributed by atoms with van der Waals surface area (Å²) in [6, 6.07) is 17.9. The summed E-state index contributed by atoms with van der Waals surface area (Å²) in [6.45, 7) is 3.01. The predicted octanol–water partition coefficient (Wildman–Crippen LogP) is 4.43. The fourth-order valence-electron chi connectivity index (χ4n) is 3.89. The molecule has 2 aromatic carbocycles. The Morgan fingerprint density at radius 3 is 2.80 bits per heavy atom. The molecule has 1 fully saturated rings. The van der Waals surface area contributed by atoms with Gasteiger partial charge in [0, 0.05) is 25.4 Å². The number of nitrogens with one attached hydrogen (secondary N) is 1. The first-order valence-electron chi connectivity index (χ1n) is 10.3. The number of rotatable bonds is 4. The molecule has 2 amide bonds. The summed E-state index contributed by atoms with van der Waals surface area (Å²) in [5.41, 5.74) is 1.94. The Kier molecular flexibility index (Phi) is 5.89. The molecule has 1 aliphatic heterocycles. The van der Waals surface area contributed by atoms with Crippen molar-refractivity contribution in [3.8, 4) is 0 Å². The highest BCUT2D eigenvalue weighted by Gasteiger charge is 2.28. The number of aryl methyl sites for hydroxylation is 1. The number of nitrogens with zero attached hydrogens (tertiary/aromatic N) is 2. The lowest BCUT2D eigenvalue weighted by molar-refractivity contribution is -0.130. The zero-order chi connectivity index (χ0) is 20.9. The summed E-state index contributed by atoms with van der Waals surface area (Å²) < 4.78 is 0. The molecule has 5 heteroatoms. The molecule has 1 N–H and O–H groups in total. The zero-order valence-electron chi connectivity index (χ0n) is 17.0. The second kappa shape index (κ2) is 8.91. The van der Waals surface area contributed by atoms with Gasteiger partial charge in [-0.25, -0.2) is 4.98 Å². The van der Waals surface area contributed by atoms with E-state index in [0.29, 0.717) is 18.9 Å². The van der Waals surface area contributed by atoms with Gasteiger partial charge in [0.05, 0.1) is 5.92 Å². The van der Waals surface area contributed by atoms with Gasteiger partial charge >= 0.3 is 0 Å². The number of benzene rings is 2. The molecule has 1 saturated heterocycles. The third-order valence-corrected chi connectivity index (χ3v) is 5.58. The zero-order valence-corrected chi connectivity index (χ0v) is 17.0. The molecule has 30 heavy (non-hydrogen) atoms. The molecule has 0 radical (unpaired) electrons. The normalized spacial score (nSPS) is 16.7. The van der Waals surface area contributed by atoms with Crippen molar-refractivity contribution in [3.05, 3.63) is 78.0 Å². The first-order chi connectivity index (χ1) is 14.6. The number of carbonyl (C=O) groups excluding carboxylic acids is 2. The molecule has 1 aliphatic rings. The van der Waals surface area contributed by atoms with Crippen molar-refractivity contribution >= 4 is 34.5 Å². The predicted molar refractivity (Wildman–Crippen MR) is 120 cm³/mol. The van der Waals surface area contributed by atoms with Crippen molar-refractivity contribution in [3.63, 3.8) is 0 Å². The fourth-order valence-corrected chi connectivity index (χ4v) is 3.89. The fraction of sp³-hybridized carbons (Fsp3) is 0.240. The van der Waals surface area contributed by atoms with Gasteiger partial charge in [0.15, 0.2) is 0 Å². The van der Waals surface area contributed by atoms with E-state index in [1.54, 1.807) is 17.2 Å². The topological polar surface area (TPSA) is 62.3 Å². The summed E-state index contributed by atoms with van der Waals surface area (Å²) in [5, 5.41) is 5.17. The standard InChI is InChI=1S/C25H25N3O2/c1-18-7-5-15-26-24(18)27-25(30)21-11-6-16-28(17-21)23(29)14-13-20-10-4-9-19-8-2-3-12-22(19)20/h2-5,7-10,12-15,21H,6,11,16-17H2,1H3,(H,26,27,30)/b14-13+. The molecule has 0 spiro atoms. The van der Waals surface area contributed by atoms with E-state index < -0.39 is 0 Å². The van der Waals surface area contributed by atoms with Crippen LogP contribution in [0.1, 0.15) is 24.0 Å². The molecule has 1 atom stereocenters. The lowest BCUT2D eigenvalue weighted by Crippen LogP contribution is -2.43. The molecule has 3 aromatic rings. The van der Waals surface area contributed by atoms with Crippen LogP contribution in [-0.2, 0) is 9.59 Å². The molecule has 0 bridgehead atoms. The summed E-state index contributed by atoms with van der Waals surface area (Å²) in [4.78, 5) is 31.5. The minimum atomic E-state index is -0.227. The number of hydrogen-bond acceptors (Lipinski definition) is 3. The highest BCUT2D eigenvalue weighted by Crippen LogP contribution is 2.22. The Bertz CT molecular complexity index is 1100. The van der Waals surface area contributed by atoms with Crippen LogP contribution < -0.4 is 5.32 Å². The van der Waals surface area contributed by atoms with E-state index in [9.17, 15) is 9.59 Å². The Morgan fingerprint density at radius 1 is 1.10 bits per heavy atom. The number of carbonyl (C=O) groups is 2. The van der Waals surface area contributed by atoms with Crippen molar-refractivity contribution in [2.45, 2.75) is 19.8 Å². The molecule has 4 rings (SSSR count). The van der Waals surface area contributed by atoms with Crippen LogP contribution >= 0.6 is 0 Å². The van der Waals surface area contributed by atoms with Gasteiger partial charge in [0.2, 0.25) is 11.8 Å². The van der Waals surface area contributed by atoms with Gasteiger partial charge in [-0.3, -0.25) is 9.59 Å². The molecule has 1 aromatic heterocycles. The highest BCUT2D eigenvalue weighted by molar-refractivity contribution is 5.97. The van der Waals surface area contributed by atoms with E-state index in [1.165, 1.54) is 0 Å². The van der Waals surface area contributed by atoms with Gasteiger partial charge in [0.25, 0.3) is 0 Å². The molecular formula is C25H25N3O2. The number of fused-ring (bicyclic) bond motifs is 1. The third kappa shape index (κ3) is 4.40. The summed E-state index contributed by atoms with van der Waals surface area (Å²) in [5.74, 6) is 0.221. The van der Waals surface area contributed by atoms with E-state index in [1.807, 2.05) is 49.4 Å². The number of piperidine rings is 1. The van der Waals surface area contributed by atoms with Crippen molar-refractivity contribution in [1.82, 2.24) is 9.88 Å². The molecule has 0 aliphatic carbocycles. The maximum Gasteiger partial charge on any atom is 0.246 e. The molecular weight excluding hydrogens is 374 g/mol. The van der Waals surface area contributed by atoms with Crippen LogP contribution in [0.4, 0.5) is 5.82 Å². The van der Waals surface area contributed by atoms with Crippen LogP contribution in [-0.4, -0.2) is 34.8 Å². The number of amides is 2. The number of aromatic nitrogens is 1. The number of hydrogen-bond donors (Lipinski definition) is 1. The first kappa shape index (κ1) is 19.8. The van der Waals surface area contributed by atoms with Gasteiger partial charge in [-0.05, 0) is 53.8 Å². The number of pyridine rings is 1. The van der Waals surface area contributed by atoms with Crippen molar-refractivity contribution < 1.29 is 9.59 Å². The largest absolute Gasteiger partial charge is 0.338 e. The van der Waals surface area contributed by atoms with Crippen LogP contribution in [0.2, 0.25) is 0 Å². The second-order valence-electron chi connectivity index (χ2n) is 7.68. The van der Waals surface area contributed by atoms with Crippen LogP contribution in [0.25, 0.3) is 16.8 Å². The Hall–Kier alpha value is -3.47. The van der Waals surface area contributed by atoms with E-state index in [0.717, 1.165) is 34.7 Å². The summed E-state index contributed by atoms with van der Waals surface area (Å²) in [6.07, 6.45) is 6.73. The molecule has 152 valence electrons. The molecule has 0 saturated carbocycles. The van der Waals surface area contributed by atoms with Crippen molar-refractivity contribution in [2.75, 3.05) is 18.4 Å².